The highest BCUT2D eigenvalue weighted by Crippen LogP contribution is 2.44. The van der Waals surface area contributed by atoms with Gasteiger partial charge in [-0.1, -0.05) is 97.3 Å². The van der Waals surface area contributed by atoms with E-state index in [0.29, 0.717) is 68.8 Å². The minimum Gasteiger partial charge on any atom is -0.478 e. The van der Waals surface area contributed by atoms with Gasteiger partial charge >= 0.3 is 11.9 Å². The normalized spacial score (nSPS) is 11.3. The van der Waals surface area contributed by atoms with Crippen LogP contribution in [0.2, 0.25) is 6.32 Å². The van der Waals surface area contributed by atoms with Crippen molar-refractivity contribution in [2.45, 2.75) is 19.2 Å². The Morgan fingerprint density at radius 1 is 0.500 bits per heavy atom. The summed E-state index contributed by atoms with van der Waals surface area (Å²) in [5, 5.41) is 27.9. The Morgan fingerprint density at radius 3 is 1.44 bits per heavy atom. The SMILES string of the molecule is O=C(O)c1ccc2c3ccc(C(=O)O)c4c(C(=O)NCCc5ccccc5)ccc(c5ccc(C(=O)[B]CCc6ccccc6)c1c25)c43. The van der Waals surface area contributed by atoms with Crippen LogP contribution in [0.3, 0.4) is 0 Å². The summed E-state index contributed by atoms with van der Waals surface area (Å²) in [6.07, 6.45) is 1.78. The van der Waals surface area contributed by atoms with Crippen LogP contribution in [0, 0.1) is 0 Å². The van der Waals surface area contributed by atoms with Crippen molar-refractivity contribution in [3.63, 3.8) is 0 Å². The maximum atomic E-state index is 13.6. The van der Waals surface area contributed by atoms with Crippen molar-refractivity contribution in [2.24, 2.45) is 0 Å². The van der Waals surface area contributed by atoms with Crippen molar-refractivity contribution in [1.82, 2.24) is 5.32 Å². The summed E-state index contributed by atoms with van der Waals surface area (Å²) in [4.78, 5) is 52.3. The second-order valence-corrected chi connectivity index (χ2v) is 11.8. The van der Waals surface area contributed by atoms with Gasteiger partial charge in [0.2, 0.25) is 7.28 Å². The second-order valence-electron chi connectivity index (χ2n) is 11.8. The van der Waals surface area contributed by atoms with Crippen LogP contribution in [0.15, 0.2) is 109 Å². The Morgan fingerprint density at radius 2 is 0.938 bits per heavy atom. The lowest BCUT2D eigenvalue weighted by molar-refractivity contribution is 0.0688. The zero-order valence-electron chi connectivity index (χ0n) is 25.8. The van der Waals surface area contributed by atoms with Gasteiger partial charge in [-0.05, 0) is 74.5 Å². The van der Waals surface area contributed by atoms with E-state index >= 15 is 0 Å². The Labute approximate surface area is 276 Å². The summed E-state index contributed by atoms with van der Waals surface area (Å²) in [5.74, 6) is -2.71. The lowest BCUT2D eigenvalue weighted by atomic mass is 9.65. The molecule has 7 aromatic rings. The van der Waals surface area contributed by atoms with E-state index in [9.17, 15) is 29.4 Å². The predicted octanol–water partition coefficient (Wildman–Crippen LogP) is 7.61. The highest BCUT2D eigenvalue weighted by molar-refractivity contribution is 6.78. The van der Waals surface area contributed by atoms with E-state index < -0.39 is 11.9 Å². The van der Waals surface area contributed by atoms with E-state index in [1.54, 1.807) is 43.7 Å². The third kappa shape index (κ3) is 5.41. The van der Waals surface area contributed by atoms with Gasteiger partial charge < -0.3 is 20.3 Å². The maximum Gasteiger partial charge on any atom is 0.336 e. The topological polar surface area (TPSA) is 121 Å². The van der Waals surface area contributed by atoms with Crippen molar-refractivity contribution < 1.29 is 29.4 Å². The molecule has 1 radical (unpaired) electrons. The maximum absolute atomic E-state index is 13.6. The number of aromatic carboxylic acids is 2. The van der Waals surface area contributed by atoms with E-state index in [4.69, 9.17) is 0 Å². The monoisotopic (exact) mass is 630 g/mol. The number of rotatable bonds is 11. The van der Waals surface area contributed by atoms with Crippen LogP contribution < -0.4 is 5.32 Å². The lowest BCUT2D eigenvalue weighted by Gasteiger charge is -2.19. The molecule has 0 saturated carbocycles. The van der Waals surface area contributed by atoms with E-state index in [2.05, 4.69) is 5.32 Å². The molecule has 48 heavy (non-hydrogen) atoms. The Hall–Kier alpha value is -6.02. The quantitative estimate of drug-likeness (QED) is 0.0769. The van der Waals surface area contributed by atoms with Gasteiger partial charge in [0.1, 0.15) is 5.68 Å². The molecule has 0 fully saturated rings. The smallest absolute Gasteiger partial charge is 0.336 e. The number of nitrogens with one attached hydrogen (secondary N) is 1. The van der Waals surface area contributed by atoms with Crippen LogP contribution in [0.1, 0.15) is 52.6 Å². The molecule has 0 unspecified atom stereocenters. The molecule has 0 aliphatic carbocycles. The van der Waals surface area contributed by atoms with E-state index in [1.807, 2.05) is 60.7 Å². The molecule has 0 spiro atoms. The fraction of sp³-hybridized carbons (Fsp3) is 0.100. The number of hydrogen-bond donors (Lipinski definition) is 3. The second kappa shape index (κ2) is 12.6. The zero-order chi connectivity index (χ0) is 33.4. The number of aryl methyl sites for hydroxylation is 1. The highest BCUT2D eigenvalue weighted by atomic mass is 16.4. The summed E-state index contributed by atoms with van der Waals surface area (Å²) in [5.41, 5.74) is 2.42. The number of fused-ring (bicyclic) bond motifs is 2. The van der Waals surface area contributed by atoms with Crippen LogP contribution in [0.25, 0.3) is 43.1 Å². The average Bonchev–Trinajstić information content (AvgIpc) is 3.10. The summed E-state index contributed by atoms with van der Waals surface area (Å²) >= 11 is 0. The third-order valence-electron chi connectivity index (χ3n) is 9.02. The molecule has 7 aromatic carbocycles. The Balaban J connectivity index is 1.37. The first-order chi connectivity index (χ1) is 23.3. The average molecular weight is 630 g/mol. The molecule has 0 heterocycles. The minimum absolute atomic E-state index is 0.00618. The fourth-order valence-corrected chi connectivity index (χ4v) is 6.82. The van der Waals surface area contributed by atoms with E-state index in [1.165, 1.54) is 12.1 Å². The van der Waals surface area contributed by atoms with Gasteiger partial charge in [0, 0.05) is 28.4 Å². The van der Waals surface area contributed by atoms with Gasteiger partial charge in [-0.3, -0.25) is 4.79 Å². The molecule has 7 nitrogen and oxygen atoms in total. The molecule has 8 heteroatoms. The van der Waals surface area contributed by atoms with Crippen molar-refractivity contribution in [1.29, 1.82) is 0 Å². The number of benzene rings is 7. The molecule has 7 rings (SSSR count). The van der Waals surface area contributed by atoms with E-state index in [0.717, 1.165) is 11.1 Å². The summed E-state index contributed by atoms with van der Waals surface area (Å²) in [7, 11) is 1.60. The van der Waals surface area contributed by atoms with Crippen molar-refractivity contribution in [3.05, 3.63) is 143 Å². The van der Waals surface area contributed by atoms with Crippen LogP contribution >= 0.6 is 0 Å². The van der Waals surface area contributed by atoms with Crippen molar-refractivity contribution in [2.75, 3.05) is 6.54 Å². The zero-order valence-corrected chi connectivity index (χ0v) is 25.8. The standard InChI is InChI=1S/C40H29BNO6/c43-37(41-21-19-23-7-3-1-4-8-23)29-15-11-25-26-12-16-30(38(44)42-22-20-24-9-5-2-6-10-24)36-32(40(47)48)18-14-28(34(26)36)27-13-17-31(39(45)46)35(29)33(25)27/h1-18H,19-22H2,(H,42,44)(H,45,46)(H,47,48). The molecular weight excluding hydrogens is 601 g/mol. The molecule has 233 valence electrons. The molecule has 3 N–H and O–H groups in total. The Bertz CT molecular complexity index is 2200. The minimum atomic E-state index is -1.17. The number of amides is 1. The van der Waals surface area contributed by atoms with Gasteiger partial charge in [-0.15, -0.1) is 0 Å². The van der Waals surface area contributed by atoms with Gasteiger partial charge in [0.15, 0.2) is 0 Å². The molecule has 1 amide bonds. The van der Waals surface area contributed by atoms with Crippen LogP contribution in [-0.4, -0.2) is 47.6 Å². The first-order valence-corrected chi connectivity index (χ1v) is 15.7. The van der Waals surface area contributed by atoms with Crippen LogP contribution in [-0.2, 0) is 12.8 Å². The number of carbonyl (C=O) groups excluding carboxylic acids is 2. The highest BCUT2D eigenvalue weighted by Gasteiger charge is 2.25. The molecule has 0 saturated heterocycles. The van der Waals surface area contributed by atoms with Gasteiger partial charge in [-0.2, -0.15) is 0 Å². The van der Waals surface area contributed by atoms with Crippen molar-refractivity contribution in [3.8, 4) is 0 Å². The number of carboxylic acids is 2. The van der Waals surface area contributed by atoms with Gasteiger partial charge in [-0.25, -0.2) is 9.59 Å². The van der Waals surface area contributed by atoms with Gasteiger partial charge in [0.05, 0.1) is 11.1 Å². The number of hydrogen-bond acceptors (Lipinski definition) is 4. The molecule has 0 aliphatic heterocycles. The number of carboxylic acid groups (broad SMARTS) is 2. The molecule has 0 aromatic heterocycles. The molecule has 0 aliphatic rings. The predicted molar refractivity (Wildman–Crippen MR) is 189 cm³/mol. The van der Waals surface area contributed by atoms with E-state index in [-0.39, 0.29) is 33.8 Å². The largest absolute Gasteiger partial charge is 0.478 e. The van der Waals surface area contributed by atoms with Crippen molar-refractivity contribution >= 4 is 73.9 Å². The van der Waals surface area contributed by atoms with Crippen LogP contribution in [0.4, 0.5) is 0 Å². The van der Waals surface area contributed by atoms with Crippen LogP contribution in [0.5, 0.6) is 0 Å². The fourth-order valence-electron chi connectivity index (χ4n) is 6.82. The molecule has 0 atom stereocenters. The molecular formula is C40H29BNO6. The number of carbonyl (C=O) groups is 4. The summed E-state index contributed by atoms with van der Waals surface area (Å²) in [6, 6.07) is 32.8. The molecule has 0 bridgehead atoms. The third-order valence-corrected chi connectivity index (χ3v) is 9.02. The Kier molecular flexibility index (Phi) is 8.07. The summed E-state index contributed by atoms with van der Waals surface area (Å²) < 4.78 is 0. The first-order valence-electron chi connectivity index (χ1n) is 15.7. The lowest BCUT2D eigenvalue weighted by Crippen LogP contribution is -2.26. The summed E-state index contributed by atoms with van der Waals surface area (Å²) in [6.45, 7) is 0.369. The first kappa shape index (κ1) is 30.6. The van der Waals surface area contributed by atoms with Gasteiger partial charge in [0.25, 0.3) is 5.91 Å².